The fourth-order valence-corrected chi connectivity index (χ4v) is 3.87. The number of aromatic nitrogens is 2. The average molecular weight is 373 g/mol. The van der Waals surface area contributed by atoms with E-state index >= 15 is 0 Å². The molecule has 0 aliphatic carbocycles. The van der Waals surface area contributed by atoms with Crippen molar-refractivity contribution in [2.45, 2.75) is 25.7 Å². The fraction of sp³-hybridized carbons (Fsp3) is 0.375. The van der Waals surface area contributed by atoms with Crippen LogP contribution in [0.1, 0.15) is 35.8 Å². The van der Waals surface area contributed by atoms with E-state index in [1.165, 1.54) is 30.1 Å². The van der Waals surface area contributed by atoms with Crippen molar-refractivity contribution >= 4 is 27.2 Å². The Morgan fingerprint density at radius 2 is 1.96 bits per heavy atom. The lowest BCUT2D eigenvalue weighted by atomic mass is 10.0. The van der Waals surface area contributed by atoms with Crippen LogP contribution in [0.25, 0.3) is 0 Å². The number of carbonyl (C=O) groups excluding carboxylic acids is 1. The van der Waals surface area contributed by atoms with Crippen molar-refractivity contribution < 1.29 is 17.9 Å². The molecule has 2 rings (SSSR count). The number of rotatable bonds is 5. The van der Waals surface area contributed by atoms with Gasteiger partial charge in [-0.3, -0.25) is 4.79 Å². The number of ketones is 1. The van der Waals surface area contributed by atoms with Gasteiger partial charge in [0.25, 0.3) is 0 Å². The van der Waals surface area contributed by atoms with Gasteiger partial charge >= 0.3 is 0 Å². The van der Waals surface area contributed by atoms with Crippen LogP contribution in [0.2, 0.25) is 5.02 Å². The summed E-state index contributed by atoms with van der Waals surface area (Å²) in [5.74, 6) is -0.0500. The quantitative estimate of drug-likeness (QED) is 0.754. The molecule has 1 heterocycles. The molecule has 0 unspecified atom stereocenters. The van der Waals surface area contributed by atoms with E-state index in [1.54, 1.807) is 14.0 Å². The zero-order chi connectivity index (χ0) is 17.4. The predicted octanol–water partition coefficient (Wildman–Crippen LogP) is 2.92. The Morgan fingerprint density at radius 3 is 2.46 bits per heavy atom. The summed E-state index contributed by atoms with van der Waals surface area (Å²) in [6, 6.07) is 2.84. The lowest BCUT2D eigenvalue weighted by Gasteiger charge is -2.12. The number of ether oxygens (including phenoxy) is 1. The summed E-state index contributed by atoms with van der Waals surface area (Å²) in [5.41, 5.74) is 0.927. The number of nitrogens with zero attached hydrogens (tertiary/aromatic N) is 2. The zero-order valence-electron chi connectivity index (χ0n) is 13.3. The van der Waals surface area contributed by atoms with Gasteiger partial charge in [0.15, 0.2) is 9.84 Å². The molecule has 0 N–H and O–H groups in total. The molecule has 6 nitrogen and oxygen atoms in total. The van der Waals surface area contributed by atoms with E-state index in [4.69, 9.17) is 16.3 Å². The van der Waals surface area contributed by atoms with Gasteiger partial charge in [-0.05, 0) is 24.1 Å². The van der Waals surface area contributed by atoms with E-state index in [1.807, 2.05) is 0 Å². The van der Waals surface area contributed by atoms with Gasteiger partial charge in [0.2, 0.25) is 11.7 Å². The molecular weight excluding hydrogens is 352 g/mol. The van der Waals surface area contributed by atoms with Crippen molar-refractivity contribution in [3.8, 4) is 5.88 Å². The lowest BCUT2D eigenvalue weighted by Crippen LogP contribution is -2.09. The molecule has 0 amide bonds. The van der Waals surface area contributed by atoms with E-state index in [0.717, 1.165) is 6.26 Å². The van der Waals surface area contributed by atoms with E-state index in [0.29, 0.717) is 17.9 Å². The van der Waals surface area contributed by atoms with Crippen molar-refractivity contribution in [1.82, 2.24) is 9.78 Å². The van der Waals surface area contributed by atoms with Crippen molar-refractivity contribution in [2.24, 2.45) is 7.05 Å². The highest BCUT2D eigenvalue weighted by atomic mass is 35.5. The maximum absolute atomic E-state index is 12.7. The third-order valence-corrected chi connectivity index (χ3v) is 5.13. The molecule has 0 aliphatic heterocycles. The Labute approximate surface area is 147 Å². The average Bonchev–Trinajstić information content (AvgIpc) is 2.86. The summed E-state index contributed by atoms with van der Waals surface area (Å²) in [6.07, 6.45) is 2.91. The molecule has 0 fully saturated rings. The molecule has 0 saturated heterocycles. The Bertz CT molecular complexity index is 872. The van der Waals surface area contributed by atoms with Crippen LogP contribution >= 0.6 is 11.6 Å². The standard InChI is InChI=1S/C15H17ClN2O4S.CH4/c1-5-9-12(23(4,20)21)7-6-10(13(9)16)14(19)11-8-17-18(2)15(11)22-3;/h6-8H,5H2,1-4H3;1H4. The first-order chi connectivity index (χ1) is 10.7. The first-order valence-electron chi connectivity index (χ1n) is 6.84. The highest BCUT2D eigenvalue weighted by Gasteiger charge is 2.24. The summed E-state index contributed by atoms with van der Waals surface area (Å²) in [5, 5.41) is 4.14. The normalized spacial score (nSPS) is 11.0. The maximum atomic E-state index is 12.7. The van der Waals surface area contributed by atoms with Crippen LogP contribution in [0.3, 0.4) is 0 Å². The molecule has 8 heteroatoms. The number of hydrogen-bond acceptors (Lipinski definition) is 5. The minimum Gasteiger partial charge on any atom is -0.481 e. The van der Waals surface area contributed by atoms with E-state index in [2.05, 4.69) is 5.10 Å². The van der Waals surface area contributed by atoms with Crippen LogP contribution in [0, 0.1) is 0 Å². The Balaban J connectivity index is 0.00000288. The van der Waals surface area contributed by atoms with Crippen molar-refractivity contribution in [2.75, 3.05) is 13.4 Å². The van der Waals surface area contributed by atoms with Crippen LogP contribution in [0.4, 0.5) is 0 Å². The monoisotopic (exact) mass is 372 g/mol. The van der Waals surface area contributed by atoms with Crippen LogP contribution in [0.15, 0.2) is 23.2 Å². The number of sulfone groups is 1. The highest BCUT2D eigenvalue weighted by Crippen LogP contribution is 2.31. The van der Waals surface area contributed by atoms with Gasteiger partial charge in [-0.2, -0.15) is 5.10 Å². The van der Waals surface area contributed by atoms with Crippen molar-refractivity contribution in [3.05, 3.63) is 40.0 Å². The van der Waals surface area contributed by atoms with Crippen LogP contribution in [0.5, 0.6) is 5.88 Å². The van der Waals surface area contributed by atoms with Gasteiger partial charge in [0.05, 0.1) is 23.2 Å². The summed E-state index contributed by atoms with van der Waals surface area (Å²) < 4.78 is 30.3. The second-order valence-electron chi connectivity index (χ2n) is 5.05. The lowest BCUT2D eigenvalue weighted by molar-refractivity contribution is 0.103. The molecular formula is C16H21ClN2O4S. The van der Waals surface area contributed by atoms with Crippen molar-refractivity contribution in [3.63, 3.8) is 0 Å². The molecule has 1 aromatic carbocycles. The maximum Gasteiger partial charge on any atom is 0.222 e. The number of carbonyl (C=O) groups is 1. The number of benzene rings is 1. The minimum absolute atomic E-state index is 0. The minimum atomic E-state index is -3.42. The van der Waals surface area contributed by atoms with E-state index in [-0.39, 0.29) is 34.3 Å². The van der Waals surface area contributed by atoms with Gasteiger partial charge < -0.3 is 4.74 Å². The van der Waals surface area contributed by atoms with Crippen molar-refractivity contribution in [1.29, 1.82) is 0 Å². The van der Waals surface area contributed by atoms with Crippen LogP contribution in [-0.4, -0.2) is 37.3 Å². The Morgan fingerprint density at radius 1 is 1.33 bits per heavy atom. The molecule has 0 atom stereocenters. The predicted molar refractivity (Wildman–Crippen MR) is 93.9 cm³/mol. The molecule has 24 heavy (non-hydrogen) atoms. The fourth-order valence-electron chi connectivity index (χ4n) is 2.42. The molecule has 0 saturated carbocycles. The third-order valence-electron chi connectivity index (χ3n) is 3.52. The van der Waals surface area contributed by atoms with Gasteiger partial charge in [-0.1, -0.05) is 26.0 Å². The number of hydrogen-bond donors (Lipinski definition) is 0. The SMILES string of the molecule is C.CCc1c(S(C)(=O)=O)ccc(C(=O)c2cnn(C)c2OC)c1Cl. The molecule has 0 bridgehead atoms. The Kier molecular flexibility index (Phi) is 6.19. The smallest absolute Gasteiger partial charge is 0.222 e. The summed E-state index contributed by atoms with van der Waals surface area (Å²) >= 11 is 6.31. The summed E-state index contributed by atoms with van der Waals surface area (Å²) in [4.78, 5) is 12.9. The summed E-state index contributed by atoms with van der Waals surface area (Å²) in [7, 11) is -0.322. The van der Waals surface area contributed by atoms with Gasteiger partial charge in [0, 0.05) is 18.9 Å². The second-order valence-corrected chi connectivity index (χ2v) is 7.41. The van der Waals surface area contributed by atoms with Gasteiger partial charge in [-0.25, -0.2) is 13.1 Å². The topological polar surface area (TPSA) is 78.3 Å². The molecule has 1 aromatic heterocycles. The largest absolute Gasteiger partial charge is 0.481 e. The first-order valence-corrected chi connectivity index (χ1v) is 9.11. The molecule has 0 spiro atoms. The van der Waals surface area contributed by atoms with E-state index in [9.17, 15) is 13.2 Å². The second kappa shape index (κ2) is 7.36. The first kappa shape index (κ1) is 20.2. The van der Waals surface area contributed by atoms with Crippen LogP contribution in [-0.2, 0) is 23.3 Å². The van der Waals surface area contributed by atoms with Gasteiger partial charge in [-0.15, -0.1) is 0 Å². The third kappa shape index (κ3) is 3.47. The number of aryl methyl sites for hydroxylation is 1. The molecule has 132 valence electrons. The number of halogens is 1. The molecule has 0 radical (unpaired) electrons. The van der Waals surface area contributed by atoms with Crippen LogP contribution < -0.4 is 4.74 Å². The van der Waals surface area contributed by atoms with E-state index < -0.39 is 9.84 Å². The highest BCUT2D eigenvalue weighted by molar-refractivity contribution is 7.90. The summed E-state index contributed by atoms with van der Waals surface area (Å²) in [6.45, 7) is 1.79. The van der Waals surface area contributed by atoms with Gasteiger partial charge in [0.1, 0.15) is 5.56 Å². The Hall–Kier alpha value is -1.86. The number of methoxy groups -OCH3 is 1. The molecule has 0 aliphatic rings. The zero-order valence-corrected chi connectivity index (χ0v) is 14.8. The molecule has 2 aromatic rings.